The van der Waals surface area contributed by atoms with Gasteiger partial charge in [0.1, 0.15) is 15.7 Å². The number of ether oxygens (including phenoxy) is 2. The molecule has 0 aromatic carbocycles. The minimum Gasteiger partial charge on any atom is -0.382 e. The molecule has 0 aliphatic carbocycles. The summed E-state index contributed by atoms with van der Waals surface area (Å²) >= 11 is 0. The smallest absolute Gasteiger partial charge is 0.345 e. The zero-order chi connectivity index (χ0) is 18.6. The van der Waals surface area contributed by atoms with E-state index in [1.54, 1.807) is 29.5 Å². The molecule has 2 rings (SSSR count). The Labute approximate surface area is 154 Å². The summed E-state index contributed by atoms with van der Waals surface area (Å²) < 4.78 is 34.2. The van der Waals surface area contributed by atoms with E-state index in [0.29, 0.717) is 32.6 Å². The molecule has 2 aliphatic heterocycles. The Balaban J connectivity index is 2.04. The number of morpholine rings is 2. The van der Waals surface area contributed by atoms with E-state index in [1.807, 2.05) is 7.05 Å². The van der Waals surface area contributed by atoms with Crippen LogP contribution in [-0.2, 0) is 18.6 Å². The highest BCUT2D eigenvalue weighted by atomic mass is 31.2. The average Bonchev–Trinajstić information content (AvgIpc) is 2.51. The lowest BCUT2D eigenvalue weighted by atomic mass is 9.98. The van der Waals surface area contributed by atoms with Gasteiger partial charge in [-0.3, -0.25) is 4.57 Å². The molecule has 2 fully saturated rings. The number of rotatable bonds is 7. The Bertz CT molecular complexity index is 489. The van der Waals surface area contributed by atoms with E-state index in [0.717, 1.165) is 0 Å². The highest BCUT2D eigenvalue weighted by Crippen LogP contribution is 2.53. The summed E-state index contributed by atoms with van der Waals surface area (Å²) in [6.07, 6.45) is 2.04. The fraction of sp³-hybridized carbons (Fsp3) is 0.867. The third kappa shape index (κ3) is 5.67. The van der Waals surface area contributed by atoms with Crippen LogP contribution in [0, 0.1) is 0 Å². The fourth-order valence-electron chi connectivity index (χ4n) is 3.16. The monoisotopic (exact) mass is 367 g/mol. The van der Waals surface area contributed by atoms with Crippen LogP contribution in [0.25, 0.3) is 0 Å². The summed E-state index contributed by atoms with van der Waals surface area (Å²) in [5.74, 6) is 0. The van der Waals surface area contributed by atoms with Gasteiger partial charge in [0, 0.05) is 38.2 Å². The number of likely N-dealkylation sites (N-methyl/N-ethyl adjacent to an activating group) is 1. The van der Waals surface area contributed by atoms with E-state index in [4.69, 9.17) is 29.7 Å². The Hall–Kier alpha value is -0.140. The van der Waals surface area contributed by atoms with Crippen molar-refractivity contribution >= 4 is 23.4 Å². The van der Waals surface area contributed by atoms with Crippen molar-refractivity contribution < 1.29 is 18.6 Å². The molecule has 2 heterocycles. The van der Waals surface area contributed by atoms with E-state index in [1.165, 1.54) is 0 Å². The first kappa shape index (κ1) is 21.2. The van der Waals surface area contributed by atoms with Gasteiger partial charge >= 0.3 is 7.67 Å². The Kier molecular flexibility index (Phi) is 7.77. The highest BCUT2D eigenvalue weighted by molar-refractivity contribution is 7.53. The van der Waals surface area contributed by atoms with E-state index in [-0.39, 0.29) is 24.8 Å². The zero-order valence-electron chi connectivity index (χ0n) is 15.4. The van der Waals surface area contributed by atoms with Crippen molar-refractivity contribution in [3.8, 4) is 0 Å². The Morgan fingerprint density at radius 2 is 1.84 bits per heavy atom. The van der Waals surface area contributed by atoms with Crippen molar-refractivity contribution in [2.75, 3.05) is 53.9 Å². The standard InChI is InChI=1S/C15H28B2N3O4P/c1-5-6-12-8-20(10-15(17)23-12)25(21,18(2)3)22-11-13-7-19(4)9-14(16)24-13/h5,12-15H,1,6-11H2,2-4H3. The van der Waals surface area contributed by atoms with Crippen molar-refractivity contribution in [1.29, 1.82) is 0 Å². The van der Waals surface area contributed by atoms with Crippen LogP contribution in [0.4, 0.5) is 0 Å². The molecule has 0 spiro atoms. The fourth-order valence-corrected chi connectivity index (χ4v) is 5.17. The summed E-state index contributed by atoms with van der Waals surface area (Å²) in [4.78, 5) is 2.08. The number of nitrogens with zero attached hydrogens (tertiary/aromatic N) is 3. The minimum atomic E-state index is -3.24. The van der Waals surface area contributed by atoms with Crippen LogP contribution in [0.2, 0.25) is 0 Å². The molecule has 7 nitrogen and oxygen atoms in total. The van der Waals surface area contributed by atoms with Crippen molar-refractivity contribution in [1.82, 2.24) is 14.2 Å². The number of hydrogen-bond donors (Lipinski definition) is 0. The maximum atomic E-state index is 13.6. The van der Waals surface area contributed by atoms with Gasteiger partial charge in [0.05, 0.1) is 18.8 Å². The maximum absolute atomic E-state index is 13.6. The van der Waals surface area contributed by atoms with E-state index in [9.17, 15) is 4.57 Å². The normalized spacial score (nSPS) is 34.7. The summed E-state index contributed by atoms with van der Waals surface area (Å²) in [5.41, 5.74) is 0. The van der Waals surface area contributed by atoms with E-state index < -0.39 is 13.7 Å². The van der Waals surface area contributed by atoms with Crippen LogP contribution in [0.5, 0.6) is 0 Å². The minimum absolute atomic E-state index is 0.149. The van der Waals surface area contributed by atoms with Crippen LogP contribution < -0.4 is 0 Å². The molecule has 0 bridgehead atoms. The molecule has 0 N–H and O–H groups in total. The molecule has 5 unspecified atom stereocenters. The predicted molar refractivity (Wildman–Crippen MR) is 100.0 cm³/mol. The van der Waals surface area contributed by atoms with Gasteiger partial charge in [0.2, 0.25) is 0 Å². The van der Waals surface area contributed by atoms with Gasteiger partial charge < -0.3 is 18.9 Å². The van der Waals surface area contributed by atoms with Gasteiger partial charge in [-0.2, -0.15) is 0 Å². The van der Waals surface area contributed by atoms with Gasteiger partial charge in [0.15, 0.2) is 0 Å². The van der Waals surface area contributed by atoms with Crippen molar-refractivity contribution in [3.05, 3.63) is 12.7 Å². The Morgan fingerprint density at radius 1 is 1.20 bits per heavy atom. The molecule has 0 aromatic heterocycles. The lowest BCUT2D eigenvalue weighted by Crippen LogP contribution is -2.49. The topological polar surface area (TPSA) is 54.5 Å². The molecule has 25 heavy (non-hydrogen) atoms. The predicted octanol–water partition coefficient (Wildman–Crippen LogP) is 0.269. The molecule has 0 amide bonds. The molecule has 2 aliphatic rings. The first-order chi connectivity index (χ1) is 11.7. The first-order valence-corrected chi connectivity index (χ1v) is 10.1. The van der Waals surface area contributed by atoms with Crippen LogP contribution in [0.1, 0.15) is 6.42 Å². The van der Waals surface area contributed by atoms with Gasteiger partial charge in [-0.1, -0.05) is 6.08 Å². The SMILES string of the molecule is [B]C1CN(C)CC(COP(=O)(N(C)C)N2CC([B])OC(CC=C)C2)O1. The first-order valence-electron chi connectivity index (χ1n) is 8.54. The van der Waals surface area contributed by atoms with Crippen LogP contribution in [-0.4, -0.2) is 108 Å². The second-order valence-electron chi connectivity index (χ2n) is 6.84. The lowest BCUT2D eigenvalue weighted by molar-refractivity contribution is -0.0649. The van der Waals surface area contributed by atoms with Gasteiger partial charge in [-0.15, -0.1) is 6.58 Å². The molecule has 2 saturated heterocycles. The molecular weight excluding hydrogens is 339 g/mol. The summed E-state index contributed by atoms with van der Waals surface area (Å²) in [6.45, 7) is 6.10. The third-order valence-corrected chi connectivity index (χ3v) is 6.81. The molecule has 138 valence electrons. The van der Waals surface area contributed by atoms with Crippen molar-refractivity contribution in [2.24, 2.45) is 0 Å². The molecule has 0 aromatic rings. The summed E-state index contributed by atoms with van der Waals surface area (Å²) in [5, 5.41) is 0. The van der Waals surface area contributed by atoms with Crippen molar-refractivity contribution in [2.45, 2.75) is 30.6 Å². The van der Waals surface area contributed by atoms with Crippen LogP contribution in [0.15, 0.2) is 12.7 Å². The van der Waals surface area contributed by atoms with Crippen LogP contribution >= 0.6 is 7.67 Å². The second kappa shape index (κ2) is 9.18. The second-order valence-corrected chi connectivity index (χ2v) is 9.45. The van der Waals surface area contributed by atoms with Gasteiger partial charge in [0.25, 0.3) is 0 Å². The Morgan fingerprint density at radius 3 is 2.44 bits per heavy atom. The molecule has 5 atom stereocenters. The van der Waals surface area contributed by atoms with Crippen molar-refractivity contribution in [3.63, 3.8) is 0 Å². The van der Waals surface area contributed by atoms with Gasteiger partial charge in [-0.25, -0.2) is 9.34 Å². The summed E-state index contributed by atoms with van der Waals surface area (Å²) in [6, 6.07) is -0.874. The summed E-state index contributed by atoms with van der Waals surface area (Å²) in [7, 11) is 14.1. The molecule has 4 radical (unpaired) electrons. The quantitative estimate of drug-likeness (QED) is 0.364. The largest absolute Gasteiger partial charge is 0.382 e. The molecule has 10 heteroatoms. The maximum Gasteiger partial charge on any atom is 0.345 e. The zero-order valence-corrected chi connectivity index (χ0v) is 16.3. The van der Waals surface area contributed by atoms with Gasteiger partial charge in [-0.05, 0) is 27.6 Å². The molecular formula is C15H28B2N3O4P. The average molecular weight is 367 g/mol. The van der Waals surface area contributed by atoms with Crippen LogP contribution in [0.3, 0.4) is 0 Å². The third-order valence-electron chi connectivity index (χ3n) is 4.27. The van der Waals surface area contributed by atoms with E-state index >= 15 is 0 Å². The lowest BCUT2D eigenvalue weighted by Gasteiger charge is -2.43. The molecule has 0 saturated carbocycles. The highest BCUT2D eigenvalue weighted by Gasteiger charge is 2.40. The number of hydrogen-bond acceptors (Lipinski definition) is 5. The van der Waals surface area contributed by atoms with E-state index in [2.05, 4.69) is 11.5 Å².